The highest BCUT2D eigenvalue weighted by molar-refractivity contribution is 7.00. The first-order valence-corrected chi connectivity index (χ1v) is 21.0. The Bertz CT molecular complexity index is 2790. The van der Waals surface area contributed by atoms with Gasteiger partial charge in [-0.25, -0.2) is 0 Å². The van der Waals surface area contributed by atoms with Crippen molar-refractivity contribution in [1.82, 2.24) is 0 Å². The van der Waals surface area contributed by atoms with Crippen molar-refractivity contribution in [3.8, 4) is 33.4 Å². The van der Waals surface area contributed by atoms with Gasteiger partial charge in [-0.15, -0.1) is 0 Å². The van der Waals surface area contributed by atoms with Crippen LogP contribution in [0, 0.1) is 0 Å². The van der Waals surface area contributed by atoms with Crippen LogP contribution in [0.5, 0.6) is 0 Å². The molecule has 59 heavy (non-hydrogen) atoms. The number of hydrogen-bond acceptors (Lipinski definition) is 2. The van der Waals surface area contributed by atoms with E-state index in [9.17, 15) is 0 Å². The number of rotatable bonds is 5. The maximum absolute atomic E-state index is 2.61. The topological polar surface area (TPSA) is 6.48 Å². The Labute approximate surface area is 350 Å². The van der Waals surface area contributed by atoms with Gasteiger partial charge in [0.2, 0.25) is 0 Å². The molecule has 8 aromatic rings. The summed E-state index contributed by atoms with van der Waals surface area (Å²) in [5.74, 6) is 0. The van der Waals surface area contributed by atoms with Crippen molar-refractivity contribution in [2.24, 2.45) is 0 Å². The van der Waals surface area contributed by atoms with Crippen LogP contribution in [0.3, 0.4) is 0 Å². The molecule has 0 saturated heterocycles. The molecule has 0 N–H and O–H groups in total. The van der Waals surface area contributed by atoms with Crippen LogP contribution in [0.2, 0.25) is 0 Å². The first-order valence-electron chi connectivity index (χ1n) is 21.0. The minimum atomic E-state index is -0.0476. The number of para-hydroxylation sites is 2. The Morgan fingerprint density at radius 2 is 0.729 bits per heavy atom. The molecule has 0 unspecified atom stereocenters. The molecule has 2 aliphatic rings. The van der Waals surface area contributed by atoms with Crippen molar-refractivity contribution in [2.45, 2.75) is 52.4 Å². The molecule has 0 atom stereocenters. The molecule has 8 aromatic carbocycles. The summed E-state index contributed by atoms with van der Waals surface area (Å²) in [6.07, 6.45) is 0. The van der Waals surface area contributed by atoms with E-state index in [0.717, 1.165) is 0 Å². The van der Waals surface area contributed by atoms with Crippen LogP contribution in [0.25, 0.3) is 33.4 Å². The molecule has 0 spiro atoms. The van der Waals surface area contributed by atoms with Crippen LogP contribution in [0.4, 0.5) is 34.1 Å². The van der Waals surface area contributed by atoms with E-state index in [1.165, 1.54) is 95.0 Å². The summed E-state index contributed by atoms with van der Waals surface area (Å²) in [6.45, 7) is 14.0. The van der Waals surface area contributed by atoms with Crippen LogP contribution in [0.15, 0.2) is 188 Å². The molecule has 286 valence electrons. The second-order valence-electron chi connectivity index (χ2n) is 18.2. The standard InChI is InChI=1S/C56H49BN2/c1-55(2,3)41-32-34-46-51(36-41)58(48-29-17-16-26-43(48)38-20-10-7-11-21-38)49-30-19-31-50-53(49)57(46)47-35-33-42(56(4,5)6)37-52(47)59(50)54-44(39-22-12-8-13-23-39)27-18-28-45(54)40-24-14-9-15-25-40/h7-37H,1-6H3. The first kappa shape index (κ1) is 36.7. The molecule has 0 aliphatic carbocycles. The van der Waals surface area contributed by atoms with Crippen LogP contribution in [0.1, 0.15) is 52.7 Å². The molecule has 10 rings (SSSR count). The summed E-state index contributed by atoms with van der Waals surface area (Å²) in [5.41, 5.74) is 21.0. The lowest BCUT2D eigenvalue weighted by atomic mass is 9.33. The molecule has 0 amide bonds. The maximum Gasteiger partial charge on any atom is 0.252 e. The number of fused-ring (bicyclic) bond motifs is 4. The Morgan fingerprint density at radius 3 is 1.24 bits per heavy atom. The fourth-order valence-electron chi connectivity index (χ4n) is 9.38. The average Bonchev–Trinajstić information content (AvgIpc) is 3.26. The van der Waals surface area contributed by atoms with Gasteiger partial charge in [0.15, 0.2) is 0 Å². The van der Waals surface area contributed by atoms with Gasteiger partial charge in [0.25, 0.3) is 6.71 Å². The van der Waals surface area contributed by atoms with E-state index in [2.05, 4.69) is 239 Å². The molecular weight excluding hydrogens is 711 g/mol. The Kier molecular flexibility index (Phi) is 8.76. The fraction of sp³-hybridized carbons (Fsp3) is 0.143. The van der Waals surface area contributed by atoms with E-state index in [-0.39, 0.29) is 17.5 Å². The van der Waals surface area contributed by atoms with Gasteiger partial charge in [-0.3, -0.25) is 0 Å². The van der Waals surface area contributed by atoms with Gasteiger partial charge in [0, 0.05) is 39.4 Å². The largest absolute Gasteiger partial charge is 0.311 e. The van der Waals surface area contributed by atoms with Crippen LogP contribution >= 0.6 is 0 Å². The Hall–Kier alpha value is -6.58. The number of anilines is 6. The number of benzene rings is 8. The fourth-order valence-corrected chi connectivity index (χ4v) is 9.38. The van der Waals surface area contributed by atoms with E-state index in [4.69, 9.17) is 0 Å². The summed E-state index contributed by atoms with van der Waals surface area (Å²) in [6, 6.07) is 70.0. The van der Waals surface area contributed by atoms with Crippen molar-refractivity contribution in [3.05, 3.63) is 199 Å². The zero-order valence-corrected chi connectivity index (χ0v) is 34.9. The van der Waals surface area contributed by atoms with Crippen molar-refractivity contribution >= 4 is 57.2 Å². The molecule has 2 nitrogen and oxygen atoms in total. The normalized spacial score (nSPS) is 13.2. The third kappa shape index (κ3) is 6.19. The Morgan fingerprint density at radius 1 is 0.339 bits per heavy atom. The van der Waals surface area contributed by atoms with E-state index in [1.54, 1.807) is 0 Å². The number of hydrogen-bond donors (Lipinski definition) is 0. The SMILES string of the molecule is CC(C)(C)c1ccc2c(c1)N(c1ccccc1-c1ccccc1)c1cccc3c1B2c1ccc(C(C)(C)C)cc1N3c1c(-c2ccccc2)cccc1-c1ccccc1. The summed E-state index contributed by atoms with van der Waals surface area (Å²) in [5, 5.41) is 0. The minimum Gasteiger partial charge on any atom is -0.311 e. The molecule has 0 radical (unpaired) electrons. The summed E-state index contributed by atoms with van der Waals surface area (Å²) in [4.78, 5) is 5.18. The first-order chi connectivity index (χ1) is 28.6. The lowest BCUT2D eigenvalue weighted by molar-refractivity contribution is 0.590. The van der Waals surface area contributed by atoms with Gasteiger partial charge in [-0.05, 0) is 85.4 Å². The summed E-state index contributed by atoms with van der Waals surface area (Å²) >= 11 is 0. The molecule has 0 bridgehead atoms. The second-order valence-corrected chi connectivity index (χ2v) is 18.2. The third-order valence-corrected chi connectivity index (χ3v) is 12.4. The molecule has 3 heteroatoms. The Balaban J connectivity index is 1.33. The van der Waals surface area contributed by atoms with Crippen molar-refractivity contribution in [3.63, 3.8) is 0 Å². The van der Waals surface area contributed by atoms with E-state index in [1.807, 2.05) is 0 Å². The second kappa shape index (κ2) is 14.1. The lowest BCUT2D eigenvalue weighted by Crippen LogP contribution is -2.61. The highest BCUT2D eigenvalue weighted by atomic mass is 15.2. The van der Waals surface area contributed by atoms with Gasteiger partial charge in [0.1, 0.15) is 0 Å². The van der Waals surface area contributed by atoms with Crippen LogP contribution in [-0.2, 0) is 10.8 Å². The van der Waals surface area contributed by atoms with Crippen molar-refractivity contribution < 1.29 is 0 Å². The molecular formula is C56H49BN2. The number of nitrogens with zero attached hydrogens (tertiary/aromatic N) is 2. The van der Waals surface area contributed by atoms with Gasteiger partial charge in [-0.1, -0.05) is 199 Å². The van der Waals surface area contributed by atoms with E-state index >= 15 is 0 Å². The molecule has 0 aromatic heterocycles. The predicted octanol–water partition coefficient (Wildman–Crippen LogP) is 13.4. The van der Waals surface area contributed by atoms with Gasteiger partial charge < -0.3 is 9.80 Å². The molecule has 0 fully saturated rings. The minimum absolute atomic E-state index is 0.0229. The molecule has 2 heterocycles. The van der Waals surface area contributed by atoms with Crippen LogP contribution in [-0.4, -0.2) is 6.71 Å². The summed E-state index contributed by atoms with van der Waals surface area (Å²) in [7, 11) is 0. The van der Waals surface area contributed by atoms with Crippen LogP contribution < -0.4 is 26.2 Å². The monoisotopic (exact) mass is 760 g/mol. The molecule has 2 aliphatic heterocycles. The smallest absolute Gasteiger partial charge is 0.252 e. The van der Waals surface area contributed by atoms with Crippen molar-refractivity contribution in [1.29, 1.82) is 0 Å². The lowest BCUT2D eigenvalue weighted by Gasteiger charge is -2.45. The average molecular weight is 761 g/mol. The highest BCUT2D eigenvalue weighted by Crippen LogP contribution is 2.51. The van der Waals surface area contributed by atoms with E-state index < -0.39 is 0 Å². The quantitative estimate of drug-likeness (QED) is 0.161. The predicted molar refractivity (Wildman–Crippen MR) is 254 cm³/mol. The zero-order chi connectivity index (χ0) is 40.5. The van der Waals surface area contributed by atoms with Gasteiger partial charge in [0.05, 0.1) is 11.4 Å². The van der Waals surface area contributed by atoms with E-state index in [0.29, 0.717) is 0 Å². The van der Waals surface area contributed by atoms with Gasteiger partial charge in [-0.2, -0.15) is 0 Å². The highest BCUT2D eigenvalue weighted by Gasteiger charge is 2.44. The maximum atomic E-state index is 2.61. The van der Waals surface area contributed by atoms with Gasteiger partial charge >= 0.3 is 0 Å². The third-order valence-electron chi connectivity index (χ3n) is 12.4. The molecule has 0 saturated carbocycles. The summed E-state index contributed by atoms with van der Waals surface area (Å²) < 4.78 is 0. The van der Waals surface area contributed by atoms with Crippen molar-refractivity contribution in [2.75, 3.05) is 9.80 Å². The zero-order valence-electron chi connectivity index (χ0n) is 34.9.